The molecule has 3 rings (SSSR count). The van der Waals surface area contributed by atoms with Gasteiger partial charge in [-0.25, -0.2) is 4.98 Å². The van der Waals surface area contributed by atoms with Crippen LogP contribution in [-0.2, 0) is 0 Å². The Morgan fingerprint density at radius 1 is 1.56 bits per heavy atom. The third-order valence-corrected chi connectivity index (χ3v) is 3.95. The third-order valence-electron chi connectivity index (χ3n) is 3.32. The van der Waals surface area contributed by atoms with Gasteiger partial charge in [-0.1, -0.05) is 6.08 Å². The van der Waals surface area contributed by atoms with Crippen LogP contribution in [0, 0.1) is 17.2 Å². The topological polar surface area (TPSA) is 48.7 Å². The average Bonchev–Trinajstić information content (AvgIpc) is 2.56. The SMILES string of the molecule is N#Cc1cc(C2=C[C@@H]3CN[C@@H]3C2)cnc1Br. The summed E-state index contributed by atoms with van der Waals surface area (Å²) in [7, 11) is 0. The van der Waals surface area contributed by atoms with Gasteiger partial charge in [0, 0.05) is 24.7 Å². The lowest BCUT2D eigenvalue weighted by Gasteiger charge is -2.31. The maximum atomic E-state index is 8.95. The Hall–Kier alpha value is -1.18. The molecule has 80 valence electrons. The van der Waals surface area contributed by atoms with Crippen LogP contribution in [0.2, 0.25) is 0 Å². The smallest absolute Gasteiger partial charge is 0.123 e. The number of hydrogen-bond acceptors (Lipinski definition) is 3. The first kappa shape index (κ1) is 10.0. The zero-order valence-electron chi connectivity index (χ0n) is 8.57. The molecule has 1 N–H and O–H groups in total. The number of aromatic nitrogens is 1. The molecule has 16 heavy (non-hydrogen) atoms. The minimum atomic E-state index is 0.602. The molecule has 1 fully saturated rings. The number of nitriles is 1. The van der Waals surface area contributed by atoms with Gasteiger partial charge in [0.05, 0.1) is 5.56 Å². The van der Waals surface area contributed by atoms with Crippen LogP contribution in [-0.4, -0.2) is 17.6 Å². The van der Waals surface area contributed by atoms with Gasteiger partial charge in [-0.05, 0) is 39.6 Å². The lowest BCUT2D eigenvalue weighted by molar-refractivity contribution is 0.306. The molecule has 0 radical (unpaired) electrons. The molecular formula is C12H10BrN3. The second kappa shape index (κ2) is 3.69. The first-order valence-corrected chi connectivity index (χ1v) is 6.07. The van der Waals surface area contributed by atoms with Crippen molar-refractivity contribution < 1.29 is 0 Å². The molecule has 3 nitrogen and oxygen atoms in total. The van der Waals surface area contributed by atoms with Crippen LogP contribution < -0.4 is 5.32 Å². The van der Waals surface area contributed by atoms with Crippen molar-refractivity contribution in [2.24, 2.45) is 5.92 Å². The highest BCUT2D eigenvalue weighted by Gasteiger charge is 2.34. The summed E-state index contributed by atoms with van der Waals surface area (Å²) >= 11 is 3.27. The first-order valence-electron chi connectivity index (χ1n) is 5.28. The fourth-order valence-corrected chi connectivity index (χ4v) is 2.60. The standard InChI is InChI=1S/C12H10BrN3/c13-12-8(4-14)2-9(5-16-12)7-1-10-6-15-11(10)3-7/h1-2,5,10-11,15H,3,6H2/t10-,11-/m1/s1. The monoisotopic (exact) mass is 275 g/mol. The third kappa shape index (κ3) is 1.48. The summed E-state index contributed by atoms with van der Waals surface area (Å²) in [6, 6.07) is 4.67. The fraction of sp³-hybridized carbons (Fsp3) is 0.333. The molecule has 0 spiro atoms. The van der Waals surface area contributed by atoms with E-state index in [4.69, 9.17) is 5.26 Å². The summed E-state index contributed by atoms with van der Waals surface area (Å²) in [5, 5.41) is 12.4. The maximum absolute atomic E-state index is 8.95. The number of fused-ring (bicyclic) bond motifs is 1. The largest absolute Gasteiger partial charge is 0.312 e. The van der Waals surface area contributed by atoms with E-state index in [9.17, 15) is 0 Å². The molecule has 1 aliphatic carbocycles. The van der Waals surface area contributed by atoms with E-state index in [1.807, 2.05) is 12.3 Å². The quantitative estimate of drug-likeness (QED) is 0.799. The van der Waals surface area contributed by atoms with Crippen LogP contribution in [0.1, 0.15) is 17.5 Å². The molecule has 0 saturated carbocycles. The van der Waals surface area contributed by atoms with E-state index in [0.29, 0.717) is 22.1 Å². The van der Waals surface area contributed by atoms with Crippen LogP contribution in [0.25, 0.3) is 5.57 Å². The van der Waals surface area contributed by atoms with Crippen molar-refractivity contribution in [1.82, 2.24) is 10.3 Å². The molecule has 0 aromatic carbocycles. The summed E-state index contributed by atoms with van der Waals surface area (Å²) in [5.74, 6) is 0.684. The van der Waals surface area contributed by atoms with E-state index in [-0.39, 0.29) is 0 Å². The van der Waals surface area contributed by atoms with Crippen LogP contribution >= 0.6 is 15.9 Å². The van der Waals surface area contributed by atoms with Crippen molar-refractivity contribution >= 4 is 21.5 Å². The summed E-state index contributed by atoms with van der Waals surface area (Å²) in [4.78, 5) is 4.20. The molecule has 1 aromatic rings. The van der Waals surface area contributed by atoms with Crippen molar-refractivity contribution in [3.63, 3.8) is 0 Å². The zero-order valence-corrected chi connectivity index (χ0v) is 10.2. The maximum Gasteiger partial charge on any atom is 0.123 e. The van der Waals surface area contributed by atoms with Gasteiger partial charge in [0.2, 0.25) is 0 Å². The van der Waals surface area contributed by atoms with Gasteiger partial charge < -0.3 is 5.32 Å². The van der Waals surface area contributed by atoms with Gasteiger partial charge in [0.1, 0.15) is 10.7 Å². The molecule has 2 heterocycles. The number of halogens is 1. The van der Waals surface area contributed by atoms with Gasteiger partial charge in [-0.15, -0.1) is 0 Å². The minimum absolute atomic E-state index is 0.602. The molecule has 2 atom stereocenters. The number of pyridine rings is 1. The molecule has 1 aromatic heterocycles. The van der Waals surface area contributed by atoms with E-state index >= 15 is 0 Å². The molecule has 4 heteroatoms. The molecule has 1 saturated heterocycles. The van der Waals surface area contributed by atoms with Crippen LogP contribution in [0.15, 0.2) is 22.9 Å². The zero-order chi connectivity index (χ0) is 11.1. The predicted molar refractivity (Wildman–Crippen MR) is 64.5 cm³/mol. The number of rotatable bonds is 1. The molecule has 2 aliphatic rings. The van der Waals surface area contributed by atoms with Crippen molar-refractivity contribution in [3.8, 4) is 6.07 Å². The van der Waals surface area contributed by atoms with Crippen molar-refractivity contribution in [3.05, 3.63) is 34.1 Å². The second-order valence-electron chi connectivity index (χ2n) is 4.25. The lowest BCUT2D eigenvalue weighted by Crippen LogP contribution is -2.49. The van der Waals surface area contributed by atoms with Crippen molar-refractivity contribution in [1.29, 1.82) is 5.26 Å². The fourth-order valence-electron chi connectivity index (χ4n) is 2.30. The second-order valence-corrected chi connectivity index (χ2v) is 5.00. The Morgan fingerprint density at radius 2 is 2.44 bits per heavy atom. The molecule has 1 aliphatic heterocycles. The first-order chi connectivity index (χ1) is 7.78. The highest BCUT2D eigenvalue weighted by atomic mass is 79.9. The van der Waals surface area contributed by atoms with Gasteiger partial charge >= 0.3 is 0 Å². The van der Waals surface area contributed by atoms with E-state index in [0.717, 1.165) is 18.5 Å². The van der Waals surface area contributed by atoms with Crippen LogP contribution in [0.3, 0.4) is 0 Å². The van der Waals surface area contributed by atoms with Crippen molar-refractivity contribution in [2.45, 2.75) is 12.5 Å². The molecule has 0 amide bonds. The number of nitrogens with one attached hydrogen (secondary N) is 1. The van der Waals surface area contributed by atoms with Gasteiger partial charge in [-0.2, -0.15) is 5.26 Å². The average molecular weight is 276 g/mol. The summed E-state index contributed by atoms with van der Waals surface area (Å²) < 4.78 is 0.624. The normalized spacial score (nSPS) is 26.6. The number of nitrogens with zero attached hydrogens (tertiary/aromatic N) is 2. The molecule has 0 bridgehead atoms. The summed E-state index contributed by atoms with van der Waals surface area (Å²) in [6.07, 6.45) is 5.20. The summed E-state index contributed by atoms with van der Waals surface area (Å²) in [5.41, 5.74) is 3.00. The van der Waals surface area contributed by atoms with E-state index in [1.54, 1.807) is 0 Å². The molecule has 0 unspecified atom stereocenters. The lowest BCUT2D eigenvalue weighted by atomic mass is 9.95. The van der Waals surface area contributed by atoms with Gasteiger partial charge in [0.25, 0.3) is 0 Å². The Balaban J connectivity index is 1.96. The Kier molecular flexibility index (Phi) is 2.31. The Morgan fingerprint density at radius 3 is 3.00 bits per heavy atom. The highest BCUT2D eigenvalue weighted by Crippen LogP contribution is 2.36. The van der Waals surface area contributed by atoms with E-state index in [1.165, 1.54) is 5.57 Å². The van der Waals surface area contributed by atoms with Crippen LogP contribution in [0.4, 0.5) is 0 Å². The van der Waals surface area contributed by atoms with E-state index in [2.05, 4.69) is 38.4 Å². The minimum Gasteiger partial charge on any atom is -0.312 e. The van der Waals surface area contributed by atoms with Crippen molar-refractivity contribution in [2.75, 3.05) is 6.54 Å². The Bertz CT molecular complexity index is 515. The van der Waals surface area contributed by atoms with Gasteiger partial charge in [-0.3, -0.25) is 0 Å². The summed E-state index contributed by atoms with van der Waals surface area (Å²) in [6.45, 7) is 1.09. The number of hydrogen-bond donors (Lipinski definition) is 1. The Labute approximate surface area is 102 Å². The van der Waals surface area contributed by atoms with E-state index < -0.39 is 0 Å². The van der Waals surface area contributed by atoms with Crippen LogP contribution in [0.5, 0.6) is 0 Å². The molecular weight excluding hydrogens is 266 g/mol. The highest BCUT2D eigenvalue weighted by molar-refractivity contribution is 9.10. The predicted octanol–water partition coefficient (Wildman–Crippen LogP) is 2.09. The van der Waals surface area contributed by atoms with Gasteiger partial charge in [0.15, 0.2) is 0 Å².